The zero-order chi connectivity index (χ0) is 11.9. The normalized spacial score (nSPS) is 11.9. The lowest BCUT2D eigenvalue weighted by Gasteiger charge is -2.19. The number of thiophene rings is 1. The van der Waals surface area contributed by atoms with Crippen LogP contribution in [0, 0.1) is 6.92 Å². The minimum Gasteiger partial charge on any atom is -0.481 e. The van der Waals surface area contributed by atoms with Crippen molar-refractivity contribution in [2.45, 2.75) is 26.2 Å². The summed E-state index contributed by atoms with van der Waals surface area (Å²) in [6, 6.07) is 5.92. The van der Waals surface area contributed by atoms with Gasteiger partial charge < -0.3 is 5.11 Å². The van der Waals surface area contributed by atoms with Gasteiger partial charge >= 0.3 is 5.97 Å². The summed E-state index contributed by atoms with van der Waals surface area (Å²) < 4.78 is 1.16. The standard InChI is InChI=1S/C13H14O2S/c1-8-7-16-11-6-9(4-5-10(8)11)13(2,3)12(14)15/h4-7H,1-3H3,(H,14,15). The molecule has 0 amide bonds. The van der Waals surface area contributed by atoms with E-state index >= 15 is 0 Å². The lowest BCUT2D eigenvalue weighted by molar-refractivity contribution is -0.142. The fourth-order valence-electron chi connectivity index (χ4n) is 1.67. The molecule has 0 aliphatic carbocycles. The highest BCUT2D eigenvalue weighted by atomic mass is 32.1. The van der Waals surface area contributed by atoms with Crippen LogP contribution in [0.4, 0.5) is 0 Å². The first kappa shape index (κ1) is 11.1. The monoisotopic (exact) mass is 234 g/mol. The molecular formula is C13H14O2S. The first-order valence-corrected chi connectivity index (χ1v) is 6.02. The number of carboxylic acid groups (broad SMARTS) is 1. The Morgan fingerprint density at radius 1 is 1.38 bits per heavy atom. The van der Waals surface area contributed by atoms with Crippen molar-refractivity contribution >= 4 is 27.4 Å². The molecule has 2 aromatic rings. The summed E-state index contributed by atoms with van der Waals surface area (Å²) in [5, 5.41) is 12.5. The zero-order valence-electron chi connectivity index (χ0n) is 9.57. The Kier molecular flexibility index (Phi) is 2.50. The molecule has 0 aliphatic heterocycles. The summed E-state index contributed by atoms with van der Waals surface area (Å²) in [5.74, 6) is -0.792. The zero-order valence-corrected chi connectivity index (χ0v) is 10.4. The van der Waals surface area contributed by atoms with Crippen LogP contribution in [-0.2, 0) is 10.2 Å². The fourth-order valence-corrected chi connectivity index (χ4v) is 2.65. The smallest absolute Gasteiger partial charge is 0.313 e. The Hall–Kier alpha value is -1.35. The van der Waals surface area contributed by atoms with Gasteiger partial charge in [-0.2, -0.15) is 0 Å². The van der Waals surface area contributed by atoms with Crippen LogP contribution in [0.2, 0.25) is 0 Å². The van der Waals surface area contributed by atoms with E-state index in [1.807, 2.05) is 18.2 Å². The molecule has 0 spiro atoms. The summed E-state index contributed by atoms with van der Waals surface area (Å²) in [6.45, 7) is 5.54. The Morgan fingerprint density at radius 3 is 2.69 bits per heavy atom. The number of benzene rings is 1. The van der Waals surface area contributed by atoms with Gasteiger partial charge in [-0.25, -0.2) is 0 Å². The van der Waals surface area contributed by atoms with E-state index in [4.69, 9.17) is 0 Å². The van der Waals surface area contributed by atoms with E-state index in [0.717, 1.165) is 10.3 Å². The predicted octanol–water partition coefficient (Wildman–Crippen LogP) is 3.57. The molecule has 0 aliphatic rings. The van der Waals surface area contributed by atoms with Gasteiger partial charge in [0.1, 0.15) is 0 Å². The van der Waals surface area contributed by atoms with Crippen LogP contribution in [0.1, 0.15) is 25.0 Å². The van der Waals surface area contributed by atoms with Crippen LogP contribution < -0.4 is 0 Å². The largest absolute Gasteiger partial charge is 0.481 e. The van der Waals surface area contributed by atoms with E-state index in [0.29, 0.717) is 0 Å². The van der Waals surface area contributed by atoms with Crippen molar-refractivity contribution < 1.29 is 9.90 Å². The van der Waals surface area contributed by atoms with Crippen LogP contribution in [0.25, 0.3) is 10.1 Å². The molecule has 84 valence electrons. The highest BCUT2D eigenvalue weighted by Gasteiger charge is 2.29. The minimum atomic E-state index is -0.827. The van der Waals surface area contributed by atoms with E-state index in [1.165, 1.54) is 10.9 Å². The maximum absolute atomic E-state index is 11.2. The van der Waals surface area contributed by atoms with E-state index in [9.17, 15) is 9.90 Å². The lowest BCUT2D eigenvalue weighted by Crippen LogP contribution is -2.28. The maximum atomic E-state index is 11.2. The molecule has 0 saturated carbocycles. The first-order chi connectivity index (χ1) is 7.43. The molecule has 1 aromatic heterocycles. The molecule has 1 heterocycles. The third kappa shape index (κ3) is 1.61. The average molecular weight is 234 g/mol. The predicted molar refractivity (Wildman–Crippen MR) is 67.2 cm³/mol. The van der Waals surface area contributed by atoms with Crippen LogP contribution >= 0.6 is 11.3 Å². The van der Waals surface area contributed by atoms with Gasteiger partial charge in [-0.1, -0.05) is 12.1 Å². The second-order valence-electron chi connectivity index (χ2n) is 4.56. The van der Waals surface area contributed by atoms with E-state index in [1.54, 1.807) is 25.2 Å². The van der Waals surface area contributed by atoms with Gasteiger partial charge in [-0.05, 0) is 48.7 Å². The Morgan fingerprint density at radius 2 is 2.06 bits per heavy atom. The SMILES string of the molecule is Cc1csc2cc(C(C)(C)C(=O)O)ccc12. The lowest BCUT2D eigenvalue weighted by atomic mass is 9.84. The molecule has 0 saturated heterocycles. The number of hydrogen-bond donors (Lipinski definition) is 1. The summed E-state index contributed by atoms with van der Waals surface area (Å²) in [6.07, 6.45) is 0. The van der Waals surface area contributed by atoms with Crippen LogP contribution in [0.3, 0.4) is 0 Å². The van der Waals surface area contributed by atoms with Crippen molar-refractivity contribution in [2.24, 2.45) is 0 Å². The average Bonchev–Trinajstić information content (AvgIpc) is 2.60. The number of carboxylic acids is 1. The number of hydrogen-bond acceptors (Lipinski definition) is 2. The molecule has 1 N–H and O–H groups in total. The Bertz CT molecular complexity index is 552. The first-order valence-electron chi connectivity index (χ1n) is 5.14. The molecule has 2 nitrogen and oxygen atoms in total. The molecule has 3 heteroatoms. The van der Waals surface area contributed by atoms with Crippen LogP contribution in [0.5, 0.6) is 0 Å². The van der Waals surface area contributed by atoms with Crippen LogP contribution in [0.15, 0.2) is 23.6 Å². The summed E-state index contributed by atoms with van der Waals surface area (Å²) >= 11 is 1.66. The van der Waals surface area contributed by atoms with Gasteiger partial charge in [0.05, 0.1) is 5.41 Å². The van der Waals surface area contributed by atoms with Crippen molar-refractivity contribution in [2.75, 3.05) is 0 Å². The number of aliphatic carboxylic acids is 1. The second kappa shape index (κ2) is 3.59. The summed E-state index contributed by atoms with van der Waals surface area (Å²) in [5.41, 5.74) is 1.28. The van der Waals surface area contributed by atoms with Gasteiger partial charge in [0.15, 0.2) is 0 Å². The fraction of sp³-hybridized carbons (Fsp3) is 0.308. The number of carbonyl (C=O) groups is 1. The highest BCUT2D eigenvalue weighted by Crippen LogP contribution is 2.31. The molecule has 0 atom stereocenters. The highest BCUT2D eigenvalue weighted by molar-refractivity contribution is 7.17. The third-order valence-corrected chi connectivity index (χ3v) is 4.09. The van der Waals surface area contributed by atoms with Crippen molar-refractivity contribution in [1.82, 2.24) is 0 Å². The molecule has 1 aromatic carbocycles. The van der Waals surface area contributed by atoms with Gasteiger partial charge in [0.2, 0.25) is 0 Å². The van der Waals surface area contributed by atoms with Gasteiger partial charge in [-0.3, -0.25) is 4.79 Å². The van der Waals surface area contributed by atoms with E-state index in [-0.39, 0.29) is 0 Å². The van der Waals surface area contributed by atoms with Crippen LogP contribution in [-0.4, -0.2) is 11.1 Å². The van der Waals surface area contributed by atoms with Crippen molar-refractivity contribution in [3.8, 4) is 0 Å². The van der Waals surface area contributed by atoms with Gasteiger partial charge in [0, 0.05) is 4.70 Å². The Balaban J connectivity index is 2.59. The molecule has 16 heavy (non-hydrogen) atoms. The molecule has 0 fully saturated rings. The molecule has 0 bridgehead atoms. The van der Waals surface area contributed by atoms with E-state index < -0.39 is 11.4 Å². The van der Waals surface area contributed by atoms with E-state index in [2.05, 4.69) is 12.3 Å². The quantitative estimate of drug-likeness (QED) is 0.862. The molecule has 2 rings (SSSR count). The molecular weight excluding hydrogens is 220 g/mol. The second-order valence-corrected chi connectivity index (χ2v) is 5.47. The number of fused-ring (bicyclic) bond motifs is 1. The maximum Gasteiger partial charge on any atom is 0.313 e. The Labute approximate surface area is 98.5 Å². The van der Waals surface area contributed by atoms with Crippen molar-refractivity contribution in [3.05, 3.63) is 34.7 Å². The molecule has 0 radical (unpaired) electrons. The summed E-state index contributed by atoms with van der Waals surface area (Å²) in [4.78, 5) is 11.2. The minimum absolute atomic E-state index is 0.792. The summed E-state index contributed by atoms with van der Waals surface area (Å²) in [7, 11) is 0. The molecule has 0 unspecified atom stereocenters. The van der Waals surface area contributed by atoms with Crippen molar-refractivity contribution in [1.29, 1.82) is 0 Å². The third-order valence-electron chi connectivity index (χ3n) is 3.03. The van der Waals surface area contributed by atoms with Crippen molar-refractivity contribution in [3.63, 3.8) is 0 Å². The number of aryl methyl sites for hydroxylation is 1. The number of rotatable bonds is 2. The topological polar surface area (TPSA) is 37.3 Å². The van der Waals surface area contributed by atoms with Gasteiger partial charge in [-0.15, -0.1) is 11.3 Å². The van der Waals surface area contributed by atoms with Gasteiger partial charge in [0.25, 0.3) is 0 Å².